The molecule has 2 aromatic rings. The van der Waals surface area contributed by atoms with Crippen molar-refractivity contribution < 1.29 is 4.74 Å². The summed E-state index contributed by atoms with van der Waals surface area (Å²) < 4.78 is 6.69. The number of ether oxygens (including phenoxy) is 1. The number of benzene rings is 1. The zero-order chi connectivity index (χ0) is 10.7. The lowest BCUT2D eigenvalue weighted by Crippen LogP contribution is -1.93. The molecule has 0 unspecified atom stereocenters. The van der Waals surface area contributed by atoms with E-state index in [0.29, 0.717) is 11.6 Å². The van der Waals surface area contributed by atoms with Crippen molar-refractivity contribution in [3.63, 3.8) is 0 Å². The van der Waals surface area contributed by atoms with Gasteiger partial charge >= 0.3 is 0 Å². The Morgan fingerprint density at radius 1 is 1.13 bits per heavy atom. The first-order valence-electron chi connectivity index (χ1n) is 4.39. The summed E-state index contributed by atoms with van der Waals surface area (Å²) in [5.41, 5.74) is 6.25. The normalized spacial score (nSPS) is 9.93. The minimum absolute atomic E-state index is 0.443. The van der Waals surface area contributed by atoms with E-state index in [1.807, 2.05) is 24.3 Å². The molecule has 1 heterocycles. The van der Waals surface area contributed by atoms with Crippen LogP contribution in [0.3, 0.4) is 0 Å². The van der Waals surface area contributed by atoms with Crippen molar-refractivity contribution in [2.45, 2.75) is 0 Å². The summed E-state index contributed by atoms with van der Waals surface area (Å²) in [7, 11) is 0. The SMILES string of the molecule is Nc1cccnc1Oc1ccc(I)cc1. The van der Waals surface area contributed by atoms with Crippen molar-refractivity contribution in [2.24, 2.45) is 0 Å². The molecule has 2 N–H and O–H groups in total. The summed E-state index contributed by atoms with van der Waals surface area (Å²) in [5, 5.41) is 0. The van der Waals surface area contributed by atoms with E-state index in [0.717, 1.165) is 9.32 Å². The van der Waals surface area contributed by atoms with Crippen molar-refractivity contribution in [3.05, 3.63) is 46.2 Å². The monoisotopic (exact) mass is 312 g/mol. The number of nitrogen functional groups attached to an aromatic ring is 1. The van der Waals surface area contributed by atoms with Crippen molar-refractivity contribution in [2.75, 3.05) is 5.73 Å². The van der Waals surface area contributed by atoms with Crippen molar-refractivity contribution in [1.82, 2.24) is 4.98 Å². The van der Waals surface area contributed by atoms with Gasteiger partial charge in [0.2, 0.25) is 5.88 Å². The lowest BCUT2D eigenvalue weighted by atomic mass is 10.3. The molecule has 0 amide bonds. The minimum Gasteiger partial charge on any atom is -0.437 e. The van der Waals surface area contributed by atoms with Crippen LogP contribution in [0.2, 0.25) is 0 Å². The third-order valence-corrected chi connectivity index (χ3v) is 2.55. The van der Waals surface area contributed by atoms with Gasteiger partial charge in [-0.2, -0.15) is 0 Å². The molecule has 0 atom stereocenters. The molecular formula is C11H9IN2O. The molecule has 0 aliphatic rings. The van der Waals surface area contributed by atoms with Crippen LogP contribution in [0.4, 0.5) is 5.69 Å². The summed E-state index contributed by atoms with van der Waals surface area (Å²) in [6.07, 6.45) is 1.65. The number of anilines is 1. The Kier molecular flexibility index (Phi) is 3.05. The Bertz CT molecular complexity index is 456. The highest BCUT2D eigenvalue weighted by Gasteiger charge is 2.01. The van der Waals surface area contributed by atoms with Gasteiger partial charge in [0.05, 0.1) is 5.69 Å². The number of hydrogen-bond acceptors (Lipinski definition) is 3. The number of nitrogens with zero attached hydrogens (tertiary/aromatic N) is 1. The maximum atomic E-state index is 5.71. The second-order valence-corrected chi connectivity index (χ2v) is 4.20. The van der Waals surface area contributed by atoms with Crippen LogP contribution in [-0.2, 0) is 0 Å². The fourth-order valence-corrected chi connectivity index (χ4v) is 1.46. The number of hydrogen-bond donors (Lipinski definition) is 1. The largest absolute Gasteiger partial charge is 0.437 e. The molecule has 3 nitrogen and oxygen atoms in total. The first kappa shape index (κ1) is 10.2. The van der Waals surface area contributed by atoms with Crippen LogP contribution >= 0.6 is 22.6 Å². The second-order valence-electron chi connectivity index (χ2n) is 2.95. The molecule has 76 valence electrons. The molecular weight excluding hydrogens is 303 g/mol. The van der Waals surface area contributed by atoms with E-state index in [1.54, 1.807) is 18.3 Å². The topological polar surface area (TPSA) is 48.1 Å². The van der Waals surface area contributed by atoms with E-state index < -0.39 is 0 Å². The molecule has 2 rings (SSSR count). The van der Waals surface area contributed by atoms with Gasteiger partial charge in [-0.05, 0) is 59.0 Å². The first-order valence-corrected chi connectivity index (χ1v) is 5.47. The lowest BCUT2D eigenvalue weighted by Gasteiger charge is -2.06. The minimum atomic E-state index is 0.443. The van der Waals surface area contributed by atoms with Gasteiger partial charge in [-0.1, -0.05) is 0 Å². The lowest BCUT2D eigenvalue weighted by molar-refractivity contribution is 0.465. The Hall–Kier alpha value is -1.30. The fourth-order valence-electron chi connectivity index (χ4n) is 1.10. The van der Waals surface area contributed by atoms with E-state index in [4.69, 9.17) is 10.5 Å². The molecule has 0 radical (unpaired) electrons. The molecule has 0 spiro atoms. The van der Waals surface area contributed by atoms with Crippen LogP contribution < -0.4 is 10.5 Å². The molecule has 15 heavy (non-hydrogen) atoms. The maximum absolute atomic E-state index is 5.71. The molecule has 1 aromatic carbocycles. The Morgan fingerprint density at radius 2 is 1.87 bits per heavy atom. The average Bonchev–Trinajstić information content (AvgIpc) is 2.25. The molecule has 4 heteroatoms. The van der Waals surface area contributed by atoms with Crippen molar-refractivity contribution >= 4 is 28.3 Å². The third-order valence-electron chi connectivity index (χ3n) is 1.83. The van der Waals surface area contributed by atoms with Gasteiger partial charge in [0.25, 0.3) is 0 Å². The summed E-state index contributed by atoms with van der Waals surface area (Å²) >= 11 is 2.24. The number of pyridine rings is 1. The van der Waals surface area contributed by atoms with E-state index in [2.05, 4.69) is 27.6 Å². The van der Waals surface area contributed by atoms with Crippen LogP contribution in [0.15, 0.2) is 42.6 Å². The zero-order valence-corrected chi connectivity index (χ0v) is 10.0. The maximum Gasteiger partial charge on any atom is 0.242 e. The summed E-state index contributed by atoms with van der Waals surface area (Å²) in [6, 6.07) is 11.2. The summed E-state index contributed by atoms with van der Waals surface area (Å²) in [5.74, 6) is 1.18. The highest BCUT2D eigenvalue weighted by Crippen LogP contribution is 2.24. The Balaban J connectivity index is 2.22. The van der Waals surface area contributed by atoms with E-state index in [1.165, 1.54) is 0 Å². The molecule has 1 aromatic heterocycles. The van der Waals surface area contributed by atoms with Gasteiger partial charge in [0.1, 0.15) is 5.75 Å². The highest BCUT2D eigenvalue weighted by atomic mass is 127. The van der Waals surface area contributed by atoms with Crippen molar-refractivity contribution in [1.29, 1.82) is 0 Å². The van der Waals surface area contributed by atoms with E-state index in [-0.39, 0.29) is 0 Å². The Morgan fingerprint density at radius 3 is 2.53 bits per heavy atom. The number of halogens is 1. The average molecular weight is 312 g/mol. The molecule has 0 aliphatic heterocycles. The summed E-state index contributed by atoms with van der Waals surface area (Å²) in [6.45, 7) is 0. The predicted octanol–water partition coefficient (Wildman–Crippen LogP) is 3.06. The molecule has 0 saturated carbocycles. The summed E-state index contributed by atoms with van der Waals surface area (Å²) in [4.78, 5) is 4.05. The Labute approximate surface area is 101 Å². The first-order chi connectivity index (χ1) is 7.25. The van der Waals surface area contributed by atoms with E-state index in [9.17, 15) is 0 Å². The number of nitrogens with two attached hydrogens (primary N) is 1. The fraction of sp³-hybridized carbons (Fsp3) is 0. The molecule has 0 saturated heterocycles. The molecule has 0 aliphatic carbocycles. The van der Waals surface area contributed by atoms with Crippen LogP contribution in [0.5, 0.6) is 11.6 Å². The van der Waals surface area contributed by atoms with Crippen LogP contribution in [0.1, 0.15) is 0 Å². The van der Waals surface area contributed by atoms with Crippen LogP contribution in [-0.4, -0.2) is 4.98 Å². The number of rotatable bonds is 2. The number of aromatic nitrogens is 1. The third kappa shape index (κ3) is 2.59. The van der Waals surface area contributed by atoms with Crippen LogP contribution in [0.25, 0.3) is 0 Å². The van der Waals surface area contributed by atoms with Gasteiger partial charge in [-0.3, -0.25) is 0 Å². The van der Waals surface area contributed by atoms with Crippen molar-refractivity contribution in [3.8, 4) is 11.6 Å². The van der Waals surface area contributed by atoms with Gasteiger partial charge < -0.3 is 10.5 Å². The molecule has 0 fully saturated rings. The van der Waals surface area contributed by atoms with Gasteiger partial charge in [0, 0.05) is 9.77 Å². The van der Waals surface area contributed by atoms with Gasteiger partial charge in [-0.25, -0.2) is 4.98 Å². The van der Waals surface area contributed by atoms with Crippen LogP contribution in [0, 0.1) is 3.57 Å². The van der Waals surface area contributed by atoms with E-state index >= 15 is 0 Å². The smallest absolute Gasteiger partial charge is 0.242 e. The van der Waals surface area contributed by atoms with Gasteiger partial charge in [-0.15, -0.1) is 0 Å². The second kappa shape index (κ2) is 4.48. The standard InChI is InChI=1S/C11H9IN2O/c12-8-3-5-9(6-4-8)15-11-10(13)2-1-7-14-11/h1-7H,13H2. The quantitative estimate of drug-likeness (QED) is 0.867. The predicted molar refractivity (Wildman–Crippen MR) is 67.9 cm³/mol. The zero-order valence-electron chi connectivity index (χ0n) is 7.85. The van der Waals surface area contributed by atoms with Gasteiger partial charge in [0.15, 0.2) is 0 Å². The molecule has 0 bridgehead atoms. The highest BCUT2D eigenvalue weighted by molar-refractivity contribution is 14.1.